The summed E-state index contributed by atoms with van der Waals surface area (Å²) in [4.78, 5) is 24.5. The van der Waals surface area contributed by atoms with E-state index in [1.165, 1.54) is 6.07 Å². The number of hydrogen-bond donors (Lipinski definition) is 1. The molecule has 0 saturated carbocycles. The second kappa shape index (κ2) is 5.36. The van der Waals surface area contributed by atoms with Crippen LogP contribution in [0.15, 0.2) is 18.2 Å². The van der Waals surface area contributed by atoms with Gasteiger partial charge in [0.05, 0.1) is 4.92 Å². The van der Waals surface area contributed by atoms with Crippen molar-refractivity contribution in [2.24, 2.45) is 0 Å². The lowest BCUT2D eigenvalue weighted by Crippen LogP contribution is -2.51. The number of rotatable bonds is 2. The first kappa shape index (κ1) is 13.5. The Balaban J connectivity index is 2.24. The Morgan fingerprint density at radius 3 is 2.89 bits per heavy atom. The van der Waals surface area contributed by atoms with E-state index in [9.17, 15) is 14.9 Å². The molecule has 1 aliphatic heterocycles. The van der Waals surface area contributed by atoms with Crippen LogP contribution in [0.25, 0.3) is 0 Å². The number of hydrogen-bond acceptors (Lipinski definition) is 4. The molecule has 0 bridgehead atoms. The summed E-state index contributed by atoms with van der Waals surface area (Å²) in [5, 5.41) is 14.2. The van der Waals surface area contributed by atoms with E-state index < -0.39 is 4.92 Å². The van der Waals surface area contributed by atoms with Crippen molar-refractivity contribution in [2.45, 2.75) is 19.9 Å². The van der Waals surface area contributed by atoms with Crippen LogP contribution in [0.2, 0.25) is 0 Å². The minimum atomic E-state index is -0.452. The molecule has 1 saturated heterocycles. The smallest absolute Gasteiger partial charge is 0.273 e. The van der Waals surface area contributed by atoms with Crippen molar-refractivity contribution in [1.82, 2.24) is 10.2 Å². The lowest BCUT2D eigenvalue weighted by Gasteiger charge is -2.31. The van der Waals surface area contributed by atoms with E-state index in [1.807, 2.05) is 6.92 Å². The lowest BCUT2D eigenvalue weighted by atomic mass is 10.1. The van der Waals surface area contributed by atoms with E-state index in [4.69, 9.17) is 0 Å². The van der Waals surface area contributed by atoms with Gasteiger partial charge in [0, 0.05) is 42.9 Å². The molecule has 6 heteroatoms. The van der Waals surface area contributed by atoms with Gasteiger partial charge in [0.15, 0.2) is 0 Å². The number of piperazine rings is 1. The average Bonchev–Trinajstić information content (AvgIpc) is 2.38. The molecule has 1 heterocycles. The Kier molecular flexibility index (Phi) is 3.80. The van der Waals surface area contributed by atoms with E-state index in [1.54, 1.807) is 24.0 Å². The van der Waals surface area contributed by atoms with E-state index in [0.717, 1.165) is 6.54 Å². The topological polar surface area (TPSA) is 75.5 Å². The highest BCUT2D eigenvalue weighted by molar-refractivity contribution is 5.95. The summed E-state index contributed by atoms with van der Waals surface area (Å²) in [6, 6.07) is 4.89. The van der Waals surface area contributed by atoms with Crippen LogP contribution in [0.5, 0.6) is 0 Å². The summed E-state index contributed by atoms with van der Waals surface area (Å²) in [6.45, 7) is 5.68. The van der Waals surface area contributed by atoms with Crippen LogP contribution in [0.3, 0.4) is 0 Å². The third-order valence-electron chi connectivity index (χ3n) is 3.31. The fourth-order valence-corrected chi connectivity index (χ4v) is 2.24. The van der Waals surface area contributed by atoms with E-state index in [-0.39, 0.29) is 17.6 Å². The maximum atomic E-state index is 12.3. The molecule has 102 valence electrons. The molecular weight excluding hydrogens is 246 g/mol. The second-order valence-electron chi connectivity index (χ2n) is 4.86. The monoisotopic (exact) mass is 263 g/mol. The van der Waals surface area contributed by atoms with Crippen LogP contribution in [0.4, 0.5) is 5.69 Å². The molecule has 1 amide bonds. The minimum Gasteiger partial charge on any atom is -0.336 e. The van der Waals surface area contributed by atoms with Gasteiger partial charge in [-0.05, 0) is 19.9 Å². The zero-order valence-corrected chi connectivity index (χ0v) is 11.0. The Bertz CT molecular complexity index is 516. The molecule has 0 aromatic heterocycles. The zero-order chi connectivity index (χ0) is 14.0. The number of carbonyl (C=O) groups excluding carboxylic acids is 1. The van der Waals surface area contributed by atoms with Gasteiger partial charge in [-0.1, -0.05) is 6.07 Å². The first-order valence-electron chi connectivity index (χ1n) is 6.26. The van der Waals surface area contributed by atoms with E-state index in [2.05, 4.69) is 5.32 Å². The fourth-order valence-electron chi connectivity index (χ4n) is 2.24. The minimum absolute atomic E-state index is 0.00553. The van der Waals surface area contributed by atoms with Gasteiger partial charge in [0.25, 0.3) is 11.6 Å². The molecular formula is C13H17N3O3. The van der Waals surface area contributed by atoms with Gasteiger partial charge < -0.3 is 10.2 Å². The van der Waals surface area contributed by atoms with Gasteiger partial charge in [-0.25, -0.2) is 0 Å². The van der Waals surface area contributed by atoms with Crippen molar-refractivity contribution >= 4 is 11.6 Å². The third kappa shape index (κ3) is 2.90. The molecule has 1 unspecified atom stereocenters. The quantitative estimate of drug-likeness (QED) is 0.645. The van der Waals surface area contributed by atoms with Crippen LogP contribution in [0.1, 0.15) is 22.8 Å². The van der Waals surface area contributed by atoms with Gasteiger partial charge in [-0.15, -0.1) is 0 Å². The molecule has 1 aliphatic rings. The number of aryl methyl sites for hydroxylation is 1. The van der Waals surface area contributed by atoms with Crippen LogP contribution < -0.4 is 5.32 Å². The molecule has 1 fully saturated rings. The SMILES string of the molecule is Cc1ccc(C(=O)N2CCNC(C)C2)cc1[N+](=O)[O-]. The van der Waals surface area contributed by atoms with Gasteiger partial charge in [0.2, 0.25) is 0 Å². The number of nitrogens with one attached hydrogen (secondary N) is 1. The molecule has 0 spiro atoms. The summed E-state index contributed by atoms with van der Waals surface area (Å²) in [6.07, 6.45) is 0. The largest absolute Gasteiger partial charge is 0.336 e. The molecule has 1 aromatic carbocycles. The molecule has 0 radical (unpaired) electrons. The lowest BCUT2D eigenvalue weighted by molar-refractivity contribution is -0.385. The molecule has 1 N–H and O–H groups in total. The average molecular weight is 263 g/mol. The Hall–Kier alpha value is -1.95. The van der Waals surface area contributed by atoms with E-state index >= 15 is 0 Å². The summed E-state index contributed by atoms with van der Waals surface area (Å²) < 4.78 is 0. The summed E-state index contributed by atoms with van der Waals surface area (Å²) in [7, 11) is 0. The number of benzene rings is 1. The highest BCUT2D eigenvalue weighted by atomic mass is 16.6. The number of carbonyl (C=O) groups is 1. The maximum Gasteiger partial charge on any atom is 0.273 e. The second-order valence-corrected chi connectivity index (χ2v) is 4.86. The molecule has 1 atom stereocenters. The number of nitro benzene ring substituents is 1. The van der Waals surface area contributed by atoms with Crippen LogP contribution in [0, 0.1) is 17.0 Å². The van der Waals surface area contributed by atoms with Crippen molar-refractivity contribution in [2.75, 3.05) is 19.6 Å². The molecule has 0 aliphatic carbocycles. The van der Waals surface area contributed by atoms with E-state index in [0.29, 0.717) is 24.2 Å². The zero-order valence-electron chi connectivity index (χ0n) is 11.0. The first-order valence-corrected chi connectivity index (χ1v) is 6.26. The highest BCUT2D eigenvalue weighted by Crippen LogP contribution is 2.20. The third-order valence-corrected chi connectivity index (χ3v) is 3.31. The van der Waals surface area contributed by atoms with Gasteiger partial charge >= 0.3 is 0 Å². The van der Waals surface area contributed by atoms with Crippen molar-refractivity contribution < 1.29 is 9.72 Å². The van der Waals surface area contributed by atoms with Crippen LogP contribution in [-0.2, 0) is 0 Å². The predicted molar refractivity (Wildman–Crippen MR) is 71.2 cm³/mol. The molecule has 1 aromatic rings. The standard InChI is InChI=1S/C13H17N3O3/c1-9-3-4-11(7-12(9)16(18)19)13(17)15-6-5-14-10(2)8-15/h3-4,7,10,14H,5-6,8H2,1-2H3. The number of nitrogens with zero attached hydrogens (tertiary/aromatic N) is 2. The van der Waals surface area contributed by atoms with Gasteiger partial charge in [-0.2, -0.15) is 0 Å². The molecule has 19 heavy (non-hydrogen) atoms. The first-order chi connectivity index (χ1) is 8.99. The summed E-state index contributed by atoms with van der Waals surface area (Å²) >= 11 is 0. The fraction of sp³-hybridized carbons (Fsp3) is 0.462. The normalized spacial score (nSPS) is 19.3. The van der Waals surface area contributed by atoms with Crippen molar-refractivity contribution in [3.63, 3.8) is 0 Å². The van der Waals surface area contributed by atoms with Gasteiger partial charge in [0.1, 0.15) is 0 Å². The van der Waals surface area contributed by atoms with Gasteiger partial charge in [-0.3, -0.25) is 14.9 Å². The Morgan fingerprint density at radius 2 is 2.26 bits per heavy atom. The predicted octanol–water partition coefficient (Wildman–Crippen LogP) is 1.34. The highest BCUT2D eigenvalue weighted by Gasteiger charge is 2.23. The Morgan fingerprint density at radius 1 is 1.53 bits per heavy atom. The Labute approximate surface area is 111 Å². The van der Waals surface area contributed by atoms with Crippen molar-refractivity contribution in [1.29, 1.82) is 0 Å². The molecule has 2 rings (SSSR count). The van der Waals surface area contributed by atoms with Crippen LogP contribution >= 0.6 is 0 Å². The maximum absolute atomic E-state index is 12.3. The summed E-state index contributed by atoms with van der Waals surface area (Å²) in [5.41, 5.74) is 0.940. The summed E-state index contributed by atoms with van der Waals surface area (Å²) in [5.74, 6) is -0.142. The van der Waals surface area contributed by atoms with Crippen molar-refractivity contribution in [3.05, 3.63) is 39.4 Å². The van der Waals surface area contributed by atoms with Crippen molar-refractivity contribution in [3.8, 4) is 0 Å². The number of amides is 1. The molecule has 6 nitrogen and oxygen atoms in total. The number of nitro groups is 1. The van der Waals surface area contributed by atoms with Crippen LogP contribution in [-0.4, -0.2) is 41.4 Å².